The number of benzene rings is 1. The maximum absolute atomic E-state index is 4.19. The number of imidazole rings is 1. The normalized spacial score (nSPS) is 10.7. The summed E-state index contributed by atoms with van der Waals surface area (Å²) in [6.07, 6.45) is 3.61. The molecule has 0 unspecified atom stereocenters. The predicted molar refractivity (Wildman–Crippen MR) is 66.4 cm³/mol. The van der Waals surface area contributed by atoms with Gasteiger partial charge < -0.3 is 10.3 Å². The van der Waals surface area contributed by atoms with Gasteiger partial charge in [-0.25, -0.2) is 4.98 Å². The van der Waals surface area contributed by atoms with Gasteiger partial charge in [0, 0.05) is 18.1 Å². The minimum Gasteiger partial charge on any atom is -0.378 e. The first kappa shape index (κ1) is 10.7. The van der Waals surface area contributed by atoms with Crippen LogP contribution in [0.25, 0.3) is 0 Å². The topological polar surface area (TPSA) is 40.7 Å². The average Bonchev–Trinajstić information content (AvgIpc) is 2.79. The molecule has 0 fully saturated rings. The number of aromatic nitrogens is 2. The minimum absolute atomic E-state index is 0.528. The molecule has 2 rings (SSSR count). The maximum Gasteiger partial charge on any atom is 0.125 e. The summed E-state index contributed by atoms with van der Waals surface area (Å²) in [7, 11) is 0. The van der Waals surface area contributed by atoms with Gasteiger partial charge in [-0.3, -0.25) is 0 Å². The zero-order valence-corrected chi connectivity index (χ0v) is 9.70. The Morgan fingerprint density at radius 3 is 2.81 bits per heavy atom. The molecule has 0 bridgehead atoms. The van der Waals surface area contributed by atoms with Crippen molar-refractivity contribution >= 4 is 5.69 Å². The number of rotatable bonds is 4. The van der Waals surface area contributed by atoms with Gasteiger partial charge in [0.05, 0.1) is 6.54 Å². The zero-order chi connectivity index (χ0) is 11.4. The predicted octanol–water partition coefficient (Wildman–Crippen LogP) is 3.15. The lowest BCUT2D eigenvalue weighted by Crippen LogP contribution is -2.04. The standard InChI is InChI=1S/C13H17N3/c1-10(2)11-5-3-4-6-12(11)16-9-13-14-7-8-15-13/h3-8,10,16H,9H2,1-2H3,(H,14,15). The molecule has 0 aliphatic carbocycles. The number of nitrogens with one attached hydrogen (secondary N) is 2. The summed E-state index contributed by atoms with van der Waals surface area (Å²) >= 11 is 0. The molecule has 0 atom stereocenters. The third-order valence-electron chi connectivity index (χ3n) is 2.58. The van der Waals surface area contributed by atoms with Crippen LogP contribution in [-0.4, -0.2) is 9.97 Å². The molecule has 0 aliphatic rings. The van der Waals surface area contributed by atoms with E-state index in [1.807, 2.05) is 6.20 Å². The molecular weight excluding hydrogens is 198 g/mol. The van der Waals surface area contributed by atoms with Gasteiger partial charge in [0.1, 0.15) is 5.82 Å². The van der Waals surface area contributed by atoms with Crippen molar-refractivity contribution in [1.29, 1.82) is 0 Å². The van der Waals surface area contributed by atoms with Crippen molar-refractivity contribution in [3.63, 3.8) is 0 Å². The van der Waals surface area contributed by atoms with E-state index in [4.69, 9.17) is 0 Å². The number of aromatic amines is 1. The molecule has 1 heterocycles. The fourth-order valence-electron chi connectivity index (χ4n) is 1.74. The molecule has 0 aliphatic heterocycles. The van der Waals surface area contributed by atoms with Crippen LogP contribution in [0.3, 0.4) is 0 Å². The summed E-state index contributed by atoms with van der Waals surface area (Å²) in [6, 6.07) is 8.40. The van der Waals surface area contributed by atoms with Gasteiger partial charge in [-0.15, -0.1) is 0 Å². The van der Waals surface area contributed by atoms with E-state index < -0.39 is 0 Å². The van der Waals surface area contributed by atoms with Gasteiger partial charge in [-0.1, -0.05) is 32.0 Å². The second-order valence-corrected chi connectivity index (χ2v) is 4.13. The number of hydrogen-bond acceptors (Lipinski definition) is 2. The molecule has 3 nitrogen and oxygen atoms in total. The summed E-state index contributed by atoms with van der Waals surface area (Å²) in [5.74, 6) is 1.49. The lowest BCUT2D eigenvalue weighted by atomic mass is 10.0. The quantitative estimate of drug-likeness (QED) is 0.822. The highest BCUT2D eigenvalue weighted by Gasteiger charge is 2.05. The Morgan fingerprint density at radius 1 is 1.31 bits per heavy atom. The highest BCUT2D eigenvalue weighted by atomic mass is 15.0. The molecule has 2 N–H and O–H groups in total. The number of anilines is 1. The van der Waals surface area contributed by atoms with E-state index in [0.29, 0.717) is 5.92 Å². The van der Waals surface area contributed by atoms with E-state index in [1.54, 1.807) is 6.20 Å². The Bertz CT molecular complexity index is 432. The maximum atomic E-state index is 4.19. The zero-order valence-electron chi connectivity index (χ0n) is 9.70. The van der Waals surface area contributed by atoms with E-state index in [2.05, 4.69) is 53.4 Å². The van der Waals surface area contributed by atoms with Crippen LogP contribution in [0.4, 0.5) is 5.69 Å². The highest BCUT2D eigenvalue weighted by molar-refractivity contribution is 5.52. The van der Waals surface area contributed by atoms with Crippen molar-refractivity contribution in [3.05, 3.63) is 48.0 Å². The first-order valence-corrected chi connectivity index (χ1v) is 5.58. The number of nitrogens with zero attached hydrogens (tertiary/aromatic N) is 1. The van der Waals surface area contributed by atoms with Gasteiger partial charge >= 0.3 is 0 Å². The molecule has 16 heavy (non-hydrogen) atoms. The molecule has 2 aromatic rings. The SMILES string of the molecule is CC(C)c1ccccc1NCc1ncc[nH]1. The molecule has 1 aromatic carbocycles. The fraction of sp³-hybridized carbons (Fsp3) is 0.308. The smallest absolute Gasteiger partial charge is 0.125 e. The lowest BCUT2D eigenvalue weighted by Gasteiger charge is -2.13. The molecule has 0 spiro atoms. The van der Waals surface area contributed by atoms with Crippen LogP contribution in [0.15, 0.2) is 36.7 Å². The molecule has 1 aromatic heterocycles. The summed E-state index contributed by atoms with van der Waals surface area (Å²) in [6.45, 7) is 5.14. The Balaban J connectivity index is 2.09. The second kappa shape index (κ2) is 4.84. The average molecular weight is 215 g/mol. The molecule has 0 saturated heterocycles. The van der Waals surface area contributed by atoms with Crippen LogP contribution in [0.5, 0.6) is 0 Å². The second-order valence-electron chi connectivity index (χ2n) is 4.13. The van der Waals surface area contributed by atoms with Crippen LogP contribution in [-0.2, 0) is 6.54 Å². The molecule has 0 amide bonds. The van der Waals surface area contributed by atoms with E-state index in [1.165, 1.54) is 11.3 Å². The highest BCUT2D eigenvalue weighted by Crippen LogP contribution is 2.23. The molecule has 0 saturated carbocycles. The Hall–Kier alpha value is -1.77. The summed E-state index contributed by atoms with van der Waals surface area (Å²) in [5, 5.41) is 3.40. The lowest BCUT2D eigenvalue weighted by molar-refractivity contribution is 0.863. The Morgan fingerprint density at radius 2 is 2.12 bits per heavy atom. The van der Waals surface area contributed by atoms with Crippen LogP contribution in [0, 0.1) is 0 Å². The first-order valence-electron chi connectivity index (χ1n) is 5.58. The van der Waals surface area contributed by atoms with Crippen LogP contribution >= 0.6 is 0 Å². The Kier molecular flexibility index (Phi) is 3.25. The van der Waals surface area contributed by atoms with Crippen molar-refractivity contribution in [2.45, 2.75) is 26.3 Å². The van der Waals surface area contributed by atoms with Crippen molar-refractivity contribution < 1.29 is 0 Å². The molecular formula is C13H17N3. The van der Waals surface area contributed by atoms with Crippen molar-refractivity contribution in [1.82, 2.24) is 9.97 Å². The van der Waals surface area contributed by atoms with Crippen molar-refractivity contribution in [2.75, 3.05) is 5.32 Å². The van der Waals surface area contributed by atoms with E-state index in [0.717, 1.165) is 12.4 Å². The van der Waals surface area contributed by atoms with Crippen molar-refractivity contribution in [2.24, 2.45) is 0 Å². The van der Waals surface area contributed by atoms with Crippen LogP contribution < -0.4 is 5.32 Å². The third-order valence-corrected chi connectivity index (χ3v) is 2.58. The Labute approximate surface area is 95.9 Å². The molecule has 0 radical (unpaired) electrons. The van der Waals surface area contributed by atoms with E-state index in [-0.39, 0.29) is 0 Å². The van der Waals surface area contributed by atoms with E-state index in [9.17, 15) is 0 Å². The largest absolute Gasteiger partial charge is 0.378 e. The van der Waals surface area contributed by atoms with Crippen LogP contribution in [0.1, 0.15) is 31.2 Å². The minimum atomic E-state index is 0.528. The number of hydrogen-bond donors (Lipinski definition) is 2. The van der Waals surface area contributed by atoms with Crippen molar-refractivity contribution in [3.8, 4) is 0 Å². The number of H-pyrrole nitrogens is 1. The third kappa shape index (κ3) is 2.42. The van der Waals surface area contributed by atoms with Gasteiger partial charge in [0.2, 0.25) is 0 Å². The van der Waals surface area contributed by atoms with Crippen LogP contribution in [0.2, 0.25) is 0 Å². The van der Waals surface area contributed by atoms with Gasteiger partial charge in [0.25, 0.3) is 0 Å². The van der Waals surface area contributed by atoms with Gasteiger partial charge in [-0.05, 0) is 17.5 Å². The van der Waals surface area contributed by atoms with E-state index >= 15 is 0 Å². The summed E-state index contributed by atoms with van der Waals surface area (Å²) in [4.78, 5) is 7.27. The monoisotopic (exact) mass is 215 g/mol. The van der Waals surface area contributed by atoms with Gasteiger partial charge in [-0.2, -0.15) is 0 Å². The first-order chi connectivity index (χ1) is 7.77. The molecule has 3 heteroatoms. The summed E-state index contributed by atoms with van der Waals surface area (Å²) in [5.41, 5.74) is 2.53. The number of para-hydroxylation sites is 1. The summed E-state index contributed by atoms with van der Waals surface area (Å²) < 4.78 is 0. The fourth-order valence-corrected chi connectivity index (χ4v) is 1.74. The van der Waals surface area contributed by atoms with Gasteiger partial charge in [0.15, 0.2) is 0 Å². The molecule has 84 valence electrons.